The maximum atomic E-state index is 13.3. The number of anilines is 2. The fourth-order valence-corrected chi connectivity index (χ4v) is 1.78. The van der Waals surface area contributed by atoms with Crippen molar-refractivity contribution in [2.24, 2.45) is 0 Å². The molecule has 2 rings (SSSR count). The van der Waals surface area contributed by atoms with Crippen LogP contribution in [0.15, 0.2) is 36.5 Å². The Bertz CT molecular complexity index is 631. The maximum absolute atomic E-state index is 13.3. The lowest BCUT2D eigenvalue weighted by Crippen LogP contribution is -2.12. The predicted molar refractivity (Wildman–Crippen MR) is 82.4 cm³/mol. The van der Waals surface area contributed by atoms with Crippen LogP contribution in [0.3, 0.4) is 0 Å². The molecule has 0 spiro atoms. The van der Waals surface area contributed by atoms with Crippen molar-refractivity contribution in [2.45, 2.75) is 13.3 Å². The second-order valence-corrected chi connectivity index (χ2v) is 4.85. The van der Waals surface area contributed by atoms with Crippen LogP contribution in [-0.4, -0.2) is 17.4 Å². The molecule has 0 atom stereocenters. The molecule has 2 N–H and O–H groups in total. The number of benzene rings is 1. The standard InChI is InChI=1S/C15H15ClFN3O/c1-2-7-18-14-6-3-10(9-19-14)15(21)20-11-4-5-12(16)13(17)8-11/h3-6,8-9H,2,7H2,1H3,(H,18,19)(H,20,21). The summed E-state index contributed by atoms with van der Waals surface area (Å²) in [4.78, 5) is 16.2. The zero-order valence-electron chi connectivity index (χ0n) is 11.5. The number of amides is 1. The van der Waals surface area contributed by atoms with E-state index in [0.29, 0.717) is 17.1 Å². The fourth-order valence-electron chi connectivity index (χ4n) is 1.66. The second kappa shape index (κ2) is 7.04. The average Bonchev–Trinajstić information content (AvgIpc) is 2.49. The topological polar surface area (TPSA) is 54.0 Å². The van der Waals surface area contributed by atoms with Gasteiger partial charge in [-0.05, 0) is 36.8 Å². The normalized spacial score (nSPS) is 10.2. The van der Waals surface area contributed by atoms with Gasteiger partial charge in [-0.15, -0.1) is 0 Å². The number of nitrogens with zero attached hydrogens (tertiary/aromatic N) is 1. The van der Waals surface area contributed by atoms with Crippen LogP contribution < -0.4 is 10.6 Å². The number of pyridine rings is 1. The highest BCUT2D eigenvalue weighted by atomic mass is 35.5. The minimum atomic E-state index is -0.577. The van der Waals surface area contributed by atoms with E-state index in [1.54, 1.807) is 12.1 Å². The number of halogens is 2. The first-order valence-electron chi connectivity index (χ1n) is 6.56. The largest absolute Gasteiger partial charge is 0.370 e. The molecule has 0 aliphatic rings. The van der Waals surface area contributed by atoms with E-state index in [0.717, 1.165) is 13.0 Å². The van der Waals surface area contributed by atoms with Gasteiger partial charge in [0.2, 0.25) is 0 Å². The lowest BCUT2D eigenvalue weighted by atomic mass is 10.2. The van der Waals surface area contributed by atoms with E-state index in [9.17, 15) is 9.18 Å². The molecule has 0 bridgehead atoms. The Morgan fingerprint density at radius 3 is 2.76 bits per heavy atom. The number of nitrogens with one attached hydrogen (secondary N) is 2. The molecular formula is C15H15ClFN3O. The quantitative estimate of drug-likeness (QED) is 0.879. The van der Waals surface area contributed by atoms with Crippen LogP contribution in [0.5, 0.6) is 0 Å². The highest BCUT2D eigenvalue weighted by Gasteiger charge is 2.08. The Balaban J connectivity index is 2.04. The summed E-state index contributed by atoms with van der Waals surface area (Å²) in [5.41, 5.74) is 0.738. The molecule has 21 heavy (non-hydrogen) atoms. The number of rotatable bonds is 5. The third-order valence-corrected chi connectivity index (χ3v) is 3.07. The van der Waals surface area contributed by atoms with E-state index >= 15 is 0 Å². The molecule has 1 amide bonds. The summed E-state index contributed by atoms with van der Waals surface area (Å²) in [6, 6.07) is 7.49. The average molecular weight is 308 g/mol. The Hall–Kier alpha value is -2.14. The Labute approximate surface area is 127 Å². The molecule has 110 valence electrons. The van der Waals surface area contributed by atoms with Crippen LogP contribution in [-0.2, 0) is 0 Å². The predicted octanol–water partition coefficient (Wildman–Crippen LogP) is 3.95. The summed E-state index contributed by atoms with van der Waals surface area (Å²) in [5, 5.41) is 5.72. The second-order valence-electron chi connectivity index (χ2n) is 4.44. The minimum Gasteiger partial charge on any atom is -0.370 e. The molecular weight excluding hydrogens is 293 g/mol. The molecule has 1 aromatic heterocycles. The van der Waals surface area contributed by atoms with E-state index in [2.05, 4.69) is 22.5 Å². The zero-order chi connectivity index (χ0) is 15.2. The van der Waals surface area contributed by atoms with Crippen LogP contribution in [0.25, 0.3) is 0 Å². The fraction of sp³-hybridized carbons (Fsp3) is 0.200. The van der Waals surface area contributed by atoms with Gasteiger partial charge in [0.1, 0.15) is 11.6 Å². The van der Waals surface area contributed by atoms with Gasteiger partial charge >= 0.3 is 0 Å². The van der Waals surface area contributed by atoms with Gasteiger partial charge in [0.25, 0.3) is 5.91 Å². The zero-order valence-corrected chi connectivity index (χ0v) is 12.2. The molecule has 0 aliphatic carbocycles. The first-order valence-corrected chi connectivity index (χ1v) is 6.94. The third-order valence-electron chi connectivity index (χ3n) is 2.76. The van der Waals surface area contributed by atoms with Crippen LogP contribution in [0.1, 0.15) is 23.7 Å². The van der Waals surface area contributed by atoms with Crippen LogP contribution in [0.4, 0.5) is 15.9 Å². The highest BCUT2D eigenvalue weighted by molar-refractivity contribution is 6.30. The number of aromatic nitrogens is 1. The van der Waals surface area contributed by atoms with Gasteiger partial charge in [-0.2, -0.15) is 0 Å². The first-order chi connectivity index (χ1) is 10.1. The summed E-state index contributed by atoms with van der Waals surface area (Å²) in [5.74, 6) is -0.219. The first kappa shape index (κ1) is 15.3. The van der Waals surface area contributed by atoms with Crippen molar-refractivity contribution in [3.8, 4) is 0 Å². The summed E-state index contributed by atoms with van der Waals surface area (Å²) < 4.78 is 13.3. The molecule has 1 aromatic carbocycles. The Morgan fingerprint density at radius 1 is 1.33 bits per heavy atom. The van der Waals surface area contributed by atoms with Crippen molar-refractivity contribution in [3.63, 3.8) is 0 Å². The number of carbonyl (C=O) groups excluding carboxylic acids is 1. The van der Waals surface area contributed by atoms with E-state index in [-0.39, 0.29) is 10.9 Å². The number of hydrogen-bond donors (Lipinski definition) is 2. The van der Waals surface area contributed by atoms with Crippen LogP contribution in [0.2, 0.25) is 5.02 Å². The Kier molecular flexibility index (Phi) is 5.11. The van der Waals surface area contributed by atoms with Gasteiger partial charge < -0.3 is 10.6 Å². The molecule has 0 radical (unpaired) electrons. The summed E-state index contributed by atoms with van der Waals surface area (Å²) >= 11 is 5.59. The van der Waals surface area contributed by atoms with Gasteiger partial charge in [0.15, 0.2) is 0 Å². The van der Waals surface area contributed by atoms with Crippen LogP contribution in [0, 0.1) is 5.82 Å². The molecule has 6 heteroatoms. The molecule has 1 heterocycles. The molecule has 0 saturated carbocycles. The summed E-state index contributed by atoms with van der Waals surface area (Å²) in [6.45, 7) is 2.88. The van der Waals surface area contributed by atoms with Crippen molar-refractivity contribution in [2.75, 3.05) is 17.2 Å². The maximum Gasteiger partial charge on any atom is 0.257 e. The van der Waals surface area contributed by atoms with Gasteiger partial charge in [0.05, 0.1) is 10.6 Å². The molecule has 2 aromatic rings. The van der Waals surface area contributed by atoms with Crippen LogP contribution >= 0.6 is 11.6 Å². The van der Waals surface area contributed by atoms with Gasteiger partial charge in [-0.1, -0.05) is 18.5 Å². The van der Waals surface area contributed by atoms with Gasteiger partial charge in [0, 0.05) is 18.4 Å². The van der Waals surface area contributed by atoms with E-state index in [1.807, 2.05) is 0 Å². The van der Waals surface area contributed by atoms with E-state index < -0.39 is 5.82 Å². The van der Waals surface area contributed by atoms with Crippen molar-refractivity contribution in [1.29, 1.82) is 0 Å². The Morgan fingerprint density at radius 2 is 2.14 bits per heavy atom. The van der Waals surface area contributed by atoms with Crippen molar-refractivity contribution in [3.05, 3.63) is 52.9 Å². The number of hydrogen-bond acceptors (Lipinski definition) is 3. The van der Waals surface area contributed by atoms with Crippen molar-refractivity contribution >= 4 is 29.0 Å². The summed E-state index contributed by atoms with van der Waals surface area (Å²) in [7, 11) is 0. The summed E-state index contributed by atoms with van der Waals surface area (Å²) in [6.07, 6.45) is 2.46. The monoisotopic (exact) mass is 307 g/mol. The SMILES string of the molecule is CCCNc1ccc(C(=O)Nc2ccc(Cl)c(F)c2)cn1. The van der Waals surface area contributed by atoms with E-state index in [1.165, 1.54) is 24.4 Å². The smallest absolute Gasteiger partial charge is 0.257 e. The molecule has 4 nitrogen and oxygen atoms in total. The van der Waals surface area contributed by atoms with E-state index in [4.69, 9.17) is 11.6 Å². The lowest BCUT2D eigenvalue weighted by Gasteiger charge is -2.07. The van der Waals surface area contributed by atoms with Gasteiger partial charge in [-0.25, -0.2) is 9.37 Å². The molecule has 0 aliphatic heterocycles. The molecule has 0 saturated heterocycles. The lowest BCUT2D eigenvalue weighted by molar-refractivity contribution is 0.102. The number of carbonyl (C=O) groups is 1. The highest BCUT2D eigenvalue weighted by Crippen LogP contribution is 2.19. The van der Waals surface area contributed by atoms with Gasteiger partial charge in [-0.3, -0.25) is 4.79 Å². The van der Waals surface area contributed by atoms with Crippen molar-refractivity contribution in [1.82, 2.24) is 4.98 Å². The minimum absolute atomic E-state index is 0.0148. The van der Waals surface area contributed by atoms with Crippen molar-refractivity contribution < 1.29 is 9.18 Å². The molecule has 0 unspecified atom stereocenters. The third kappa shape index (κ3) is 4.16. The molecule has 0 fully saturated rings.